The molecule has 0 spiro atoms. The number of hydrogen-bond acceptors (Lipinski definition) is 2. The summed E-state index contributed by atoms with van der Waals surface area (Å²) in [5.74, 6) is -0.226. The Morgan fingerprint density at radius 3 is 3.07 bits per heavy atom. The Morgan fingerprint density at radius 1 is 1.57 bits per heavy atom. The summed E-state index contributed by atoms with van der Waals surface area (Å²) in [6, 6.07) is 4.52. The quantitative estimate of drug-likeness (QED) is 0.745. The summed E-state index contributed by atoms with van der Waals surface area (Å²) in [6.07, 6.45) is 0.876. The maximum atomic E-state index is 13.0. The number of hydrogen-bond donors (Lipinski definition) is 1. The topological polar surface area (TPSA) is 35.2 Å². The molecule has 2 rings (SSSR count). The van der Waals surface area contributed by atoms with Gasteiger partial charge < -0.3 is 10.5 Å². The maximum Gasteiger partial charge on any atom is 0.123 e. The van der Waals surface area contributed by atoms with Gasteiger partial charge in [-0.05, 0) is 29.7 Å². The van der Waals surface area contributed by atoms with E-state index >= 15 is 0 Å². The second kappa shape index (κ2) is 3.67. The van der Waals surface area contributed by atoms with Crippen molar-refractivity contribution in [3.05, 3.63) is 35.1 Å². The Hall–Kier alpha value is -0.930. The molecule has 0 aliphatic carbocycles. The lowest BCUT2D eigenvalue weighted by Crippen LogP contribution is -2.33. The average Bonchev–Trinajstić information content (AvgIpc) is 2.20. The molecule has 3 heteroatoms. The molecule has 1 heterocycles. The molecule has 14 heavy (non-hydrogen) atoms. The van der Waals surface area contributed by atoms with E-state index in [1.807, 2.05) is 6.92 Å². The predicted octanol–water partition coefficient (Wildman–Crippen LogP) is 2.13. The van der Waals surface area contributed by atoms with Gasteiger partial charge in [-0.3, -0.25) is 0 Å². The second-order valence-electron chi connectivity index (χ2n) is 3.63. The molecule has 1 unspecified atom stereocenters. The van der Waals surface area contributed by atoms with Crippen LogP contribution in [0.5, 0.6) is 0 Å². The molecule has 2 nitrogen and oxygen atoms in total. The van der Waals surface area contributed by atoms with Crippen molar-refractivity contribution in [1.82, 2.24) is 0 Å². The Labute approximate surface area is 82.9 Å². The zero-order chi connectivity index (χ0) is 10.1. The molecule has 0 aromatic heterocycles. The first-order valence-electron chi connectivity index (χ1n) is 4.88. The van der Waals surface area contributed by atoms with Crippen molar-refractivity contribution < 1.29 is 9.13 Å². The van der Waals surface area contributed by atoms with Crippen LogP contribution in [0.3, 0.4) is 0 Å². The smallest absolute Gasteiger partial charge is 0.123 e. The number of halogens is 1. The molecular formula is C11H14FNO. The lowest BCUT2D eigenvalue weighted by molar-refractivity contribution is 0.00666. The number of benzene rings is 1. The fourth-order valence-corrected chi connectivity index (χ4v) is 1.88. The van der Waals surface area contributed by atoms with E-state index in [1.165, 1.54) is 12.1 Å². The molecule has 2 N–H and O–H groups in total. The van der Waals surface area contributed by atoms with Crippen LogP contribution in [0.1, 0.15) is 30.5 Å². The summed E-state index contributed by atoms with van der Waals surface area (Å²) in [5.41, 5.74) is 7.87. The largest absolute Gasteiger partial charge is 0.372 e. The van der Waals surface area contributed by atoms with Gasteiger partial charge in [-0.25, -0.2) is 4.39 Å². The van der Waals surface area contributed by atoms with Gasteiger partial charge in [0, 0.05) is 0 Å². The van der Waals surface area contributed by atoms with Gasteiger partial charge in [0.2, 0.25) is 0 Å². The van der Waals surface area contributed by atoms with Crippen LogP contribution >= 0.6 is 0 Å². The SMILES string of the molecule is CCC1OCc2ccc(F)cc2[C@H]1N. The van der Waals surface area contributed by atoms with Crippen LogP contribution in [0.25, 0.3) is 0 Å². The fraction of sp³-hybridized carbons (Fsp3) is 0.455. The van der Waals surface area contributed by atoms with E-state index in [0.29, 0.717) is 6.61 Å². The van der Waals surface area contributed by atoms with Crippen molar-refractivity contribution in [2.24, 2.45) is 5.73 Å². The summed E-state index contributed by atoms with van der Waals surface area (Å²) in [6.45, 7) is 2.57. The minimum absolute atomic E-state index is 0.0179. The standard InChI is InChI=1S/C11H14FNO/c1-2-10-11(13)9-5-8(12)4-3-7(9)6-14-10/h3-5,10-11H,2,6,13H2,1H3/t10?,11-/m1/s1. The summed E-state index contributed by atoms with van der Waals surface area (Å²) in [5, 5.41) is 0. The lowest BCUT2D eigenvalue weighted by atomic mass is 9.93. The number of rotatable bonds is 1. The van der Waals surface area contributed by atoms with Crippen LogP contribution in [-0.2, 0) is 11.3 Å². The second-order valence-corrected chi connectivity index (χ2v) is 3.63. The van der Waals surface area contributed by atoms with Crippen molar-refractivity contribution >= 4 is 0 Å². The van der Waals surface area contributed by atoms with Crippen molar-refractivity contribution in [1.29, 1.82) is 0 Å². The van der Waals surface area contributed by atoms with Crippen LogP contribution in [0, 0.1) is 5.82 Å². The van der Waals surface area contributed by atoms with Gasteiger partial charge in [0.15, 0.2) is 0 Å². The van der Waals surface area contributed by atoms with E-state index in [2.05, 4.69) is 0 Å². The van der Waals surface area contributed by atoms with Gasteiger partial charge in [-0.2, -0.15) is 0 Å². The van der Waals surface area contributed by atoms with Crippen LogP contribution < -0.4 is 5.73 Å². The molecule has 0 amide bonds. The summed E-state index contributed by atoms with van der Waals surface area (Å²) < 4.78 is 18.6. The highest BCUT2D eigenvalue weighted by Crippen LogP contribution is 2.29. The van der Waals surface area contributed by atoms with Crippen LogP contribution in [0.4, 0.5) is 4.39 Å². The third-order valence-electron chi connectivity index (χ3n) is 2.72. The van der Waals surface area contributed by atoms with Crippen molar-refractivity contribution in [3.63, 3.8) is 0 Å². The van der Waals surface area contributed by atoms with Crippen LogP contribution in [0.2, 0.25) is 0 Å². The molecule has 0 saturated heterocycles. The van der Waals surface area contributed by atoms with Crippen LogP contribution in [-0.4, -0.2) is 6.10 Å². The van der Waals surface area contributed by atoms with E-state index in [-0.39, 0.29) is 18.0 Å². The fourth-order valence-electron chi connectivity index (χ4n) is 1.88. The van der Waals surface area contributed by atoms with Crippen LogP contribution in [0.15, 0.2) is 18.2 Å². The number of ether oxygens (including phenoxy) is 1. The van der Waals surface area contributed by atoms with Crippen molar-refractivity contribution in [2.75, 3.05) is 0 Å². The van der Waals surface area contributed by atoms with Crippen molar-refractivity contribution in [2.45, 2.75) is 32.1 Å². The Kier molecular flexibility index (Phi) is 2.52. The van der Waals surface area contributed by atoms with Gasteiger partial charge in [0.05, 0.1) is 18.8 Å². The van der Waals surface area contributed by atoms with E-state index in [1.54, 1.807) is 6.07 Å². The predicted molar refractivity (Wildman–Crippen MR) is 52.2 cm³/mol. The first-order valence-corrected chi connectivity index (χ1v) is 4.88. The first kappa shape index (κ1) is 9.62. The number of nitrogens with two attached hydrogens (primary N) is 1. The minimum atomic E-state index is -0.226. The average molecular weight is 195 g/mol. The van der Waals surface area contributed by atoms with Gasteiger partial charge in [-0.1, -0.05) is 13.0 Å². The first-order chi connectivity index (χ1) is 6.72. The molecule has 1 aliphatic rings. The lowest BCUT2D eigenvalue weighted by Gasteiger charge is -2.30. The highest BCUT2D eigenvalue weighted by molar-refractivity contribution is 5.32. The Morgan fingerprint density at radius 2 is 2.36 bits per heavy atom. The van der Waals surface area contributed by atoms with E-state index < -0.39 is 0 Å². The zero-order valence-corrected chi connectivity index (χ0v) is 8.16. The summed E-state index contributed by atoms with van der Waals surface area (Å²) >= 11 is 0. The third kappa shape index (κ3) is 1.53. The highest BCUT2D eigenvalue weighted by Gasteiger charge is 2.26. The zero-order valence-electron chi connectivity index (χ0n) is 8.16. The summed E-state index contributed by atoms with van der Waals surface area (Å²) in [4.78, 5) is 0. The maximum absolute atomic E-state index is 13.0. The Bertz CT molecular complexity index is 340. The molecule has 76 valence electrons. The molecule has 0 bridgehead atoms. The Balaban J connectivity index is 2.38. The molecule has 0 fully saturated rings. The molecule has 2 atom stereocenters. The molecular weight excluding hydrogens is 181 g/mol. The third-order valence-corrected chi connectivity index (χ3v) is 2.72. The molecule has 1 aromatic carbocycles. The summed E-state index contributed by atoms with van der Waals surface area (Å²) in [7, 11) is 0. The van der Waals surface area contributed by atoms with E-state index in [0.717, 1.165) is 17.5 Å². The monoisotopic (exact) mass is 195 g/mol. The molecule has 0 radical (unpaired) electrons. The van der Waals surface area contributed by atoms with E-state index in [4.69, 9.17) is 10.5 Å². The van der Waals surface area contributed by atoms with Gasteiger partial charge in [0.1, 0.15) is 5.82 Å². The van der Waals surface area contributed by atoms with Gasteiger partial charge in [0.25, 0.3) is 0 Å². The highest BCUT2D eigenvalue weighted by atomic mass is 19.1. The van der Waals surface area contributed by atoms with Gasteiger partial charge in [-0.15, -0.1) is 0 Å². The van der Waals surface area contributed by atoms with Gasteiger partial charge >= 0.3 is 0 Å². The molecule has 1 aliphatic heterocycles. The van der Waals surface area contributed by atoms with E-state index in [9.17, 15) is 4.39 Å². The molecule has 1 aromatic rings. The number of fused-ring (bicyclic) bond motifs is 1. The normalized spacial score (nSPS) is 25.9. The molecule has 0 saturated carbocycles. The van der Waals surface area contributed by atoms with Crippen molar-refractivity contribution in [3.8, 4) is 0 Å². The minimum Gasteiger partial charge on any atom is -0.372 e.